The van der Waals surface area contributed by atoms with Crippen molar-refractivity contribution in [2.45, 2.75) is 26.5 Å². The van der Waals surface area contributed by atoms with E-state index in [1.165, 1.54) is 6.92 Å². The number of rotatable bonds is 7. The Morgan fingerprint density at radius 2 is 2.17 bits per heavy atom. The molecule has 0 spiro atoms. The minimum Gasteiger partial charge on any atom is -0.449 e. The molecule has 1 amide bonds. The molecule has 1 heterocycles. The summed E-state index contributed by atoms with van der Waals surface area (Å²) >= 11 is 0. The molecule has 124 valence electrons. The van der Waals surface area contributed by atoms with E-state index in [1.54, 1.807) is 30.0 Å². The number of carbonyl (C=O) groups is 2. The number of hydrogen-bond donors (Lipinski definition) is 1. The lowest BCUT2D eigenvalue weighted by Gasteiger charge is -2.13. The molecule has 0 fully saturated rings. The number of fused-ring (bicyclic) bond motifs is 1. The summed E-state index contributed by atoms with van der Waals surface area (Å²) in [5.74, 6) is -0.944. The van der Waals surface area contributed by atoms with Gasteiger partial charge in [0.25, 0.3) is 5.91 Å². The Morgan fingerprint density at radius 3 is 2.87 bits per heavy atom. The van der Waals surface area contributed by atoms with Gasteiger partial charge in [-0.25, -0.2) is 9.48 Å². The maximum atomic E-state index is 12.1. The van der Waals surface area contributed by atoms with Crippen molar-refractivity contribution in [2.24, 2.45) is 0 Å². The van der Waals surface area contributed by atoms with Gasteiger partial charge in [0, 0.05) is 20.2 Å². The van der Waals surface area contributed by atoms with Gasteiger partial charge in [0.1, 0.15) is 5.52 Å². The van der Waals surface area contributed by atoms with Crippen LogP contribution in [0.3, 0.4) is 0 Å². The molecule has 2 aromatic rings. The summed E-state index contributed by atoms with van der Waals surface area (Å²) in [5.41, 5.74) is 1.78. The molecule has 8 nitrogen and oxygen atoms in total. The van der Waals surface area contributed by atoms with Crippen LogP contribution in [0.1, 0.15) is 24.2 Å². The summed E-state index contributed by atoms with van der Waals surface area (Å²) in [6.07, 6.45) is -0.888. The molecular formula is C15H20N4O4. The van der Waals surface area contributed by atoms with Crippen molar-refractivity contribution in [3.63, 3.8) is 0 Å². The minimum absolute atomic E-state index is 0.331. The highest BCUT2D eigenvalue weighted by Crippen LogP contribution is 2.14. The SMILES string of the molecule is CCn1nnc2cc(C(=O)O[C@@H](C)C(=O)NCCOC)ccc21. The zero-order valence-corrected chi connectivity index (χ0v) is 13.4. The van der Waals surface area contributed by atoms with Crippen molar-refractivity contribution in [3.05, 3.63) is 23.8 Å². The lowest BCUT2D eigenvalue weighted by molar-refractivity contribution is -0.129. The van der Waals surface area contributed by atoms with Crippen molar-refractivity contribution in [2.75, 3.05) is 20.3 Å². The van der Waals surface area contributed by atoms with Crippen LogP contribution in [0.5, 0.6) is 0 Å². The fraction of sp³-hybridized carbons (Fsp3) is 0.467. The summed E-state index contributed by atoms with van der Waals surface area (Å²) in [6, 6.07) is 5.00. The Bertz CT molecular complexity index is 698. The van der Waals surface area contributed by atoms with Gasteiger partial charge >= 0.3 is 5.97 Å². The van der Waals surface area contributed by atoms with E-state index >= 15 is 0 Å². The van der Waals surface area contributed by atoms with Crippen LogP contribution in [0.25, 0.3) is 11.0 Å². The Kier molecular flexibility index (Phi) is 5.64. The first-order chi connectivity index (χ1) is 11.1. The van der Waals surface area contributed by atoms with Crippen LogP contribution in [-0.2, 0) is 20.8 Å². The Hall–Kier alpha value is -2.48. The molecule has 0 radical (unpaired) electrons. The van der Waals surface area contributed by atoms with Gasteiger partial charge in [0.15, 0.2) is 6.10 Å². The molecule has 1 aromatic heterocycles. The van der Waals surface area contributed by atoms with E-state index < -0.39 is 12.1 Å². The van der Waals surface area contributed by atoms with E-state index in [2.05, 4.69) is 15.6 Å². The van der Waals surface area contributed by atoms with Crippen LogP contribution < -0.4 is 5.32 Å². The third kappa shape index (κ3) is 4.04. The molecule has 2 rings (SSSR count). The number of amides is 1. The smallest absolute Gasteiger partial charge is 0.338 e. The number of esters is 1. The van der Waals surface area contributed by atoms with Crippen molar-refractivity contribution in [3.8, 4) is 0 Å². The second-order valence-corrected chi connectivity index (χ2v) is 4.94. The lowest BCUT2D eigenvalue weighted by Crippen LogP contribution is -2.37. The van der Waals surface area contributed by atoms with Gasteiger partial charge < -0.3 is 14.8 Å². The number of nitrogens with one attached hydrogen (secondary N) is 1. The zero-order chi connectivity index (χ0) is 16.8. The normalized spacial score (nSPS) is 12.1. The summed E-state index contributed by atoms with van der Waals surface area (Å²) in [5, 5.41) is 10.6. The van der Waals surface area contributed by atoms with Crippen LogP contribution in [0.4, 0.5) is 0 Å². The van der Waals surface area contributed by atoms with E-state index in [0.29, 0.717) is 30.8 Å². The Morgan fingerprint density at radius 1 is 1.39 bits per heavy atom. The highest BCUT2D eigenvalue weighted by atomic mass is 16.5. The van der Waals surface area contributed by atoms with E-state index in [4.69, 9.17) is 9.47 Å². The third-order valence-electron chi connectivity index (χ3n) is 3.31. The molecule has 0 saturated carbocycles. The molecule has 1 N–H and O–H groups in total. The number of hydrogen-bond acceptors (Lipinski definition) is 6. The molecule has 0 unspecified atom stereocenters. The fourth-order valence-electron chi connectivity index (χ4n) is 2.03. The summed E-state index contributed by atoms with van der Waals surface area (Å²) < 4.78 is 11.7. The maximum Gasteiger partial charge on any atom is 0.338 e. The Balaban J connectivity index is 2.01. The number of nitrogens with zero attached hydrogens (tertiary/aromatic N) is 3. The number of aryl methyl sites for hydroxylation is 1. The third-order valence-corrected chi connectivity index (χ3v) is 3.31. The molecule has 0 aliphatic heterocycles. The highest BCUT2D eigenvalue weighted by Gasteiger charge is 2.19. The molecule has 0 saturated heterocycles. The molecule has 0 aliphatic rings. The molecule has 1 aromatic carbocycles. The number of methoxy groups -OCH3 is 1. The van der Waals surface area contributed by atoms with Crippen molar-refractivity contribution >= 4 is 22.9 Å². The predicted octanol–water partition coefficient (Wildman–Crippen LogP) is 0.759. The molecule has 8 heteroatoms. The van der Waals surface area contributed by atoms with Gasteiger partial charge in [-0.2, -0.15) is 0 Å². The van der Waals surface area contributed by atoms with E-state index in [0.717, 1.165) is 5.52 Å². The van der Waals surface area contributed by atoms with Gasteiger partial charge in [-0.05, 0) is 32.0 Å². The second kappa shape index (κ2) is 7.68. The van der Waals surface area contributed by atoms with Gasteiger partial charge in [-0.3, -0.25) is 4.79 Å². The highest BCUT2D eigenvalue weighted by molar-refractivity contribution is 5.95. The monoisotopic (exact) mass is 320 g/mol. The van der Waals surface area contributed by atoms with Crippen molar-refractivity contribution in [1.29, 1.82) is 0 Å². The summed E-state index contributed by atoms with van der Waals surface area (Å²) in [7, 11) is 1.54. The van der Waals surface area contributed by atoms with E-state index in [-0.39, 0.29) is 5.91 Å². The quantitative estimate of drug-likeness (QED) is 0.598. The van der Waals surface area contributed by atoms with Crippen LogP contribution in [0, 0.1) is 0 Å². The summed E-state index contributed by atoms with van der Waals surface area (Å²) in [4.78, 5) is 23.9. The zero-order valence-electron chi connectivity index (χ0n) is 13.4. The first-order valence-corrected chi connectivity index (χ1v) is 7.37. The van der Waals surface area contributed by atoms with E-state index in [9.17, 15) is 9.59 Å². The summed E-state index contributed by atoms with van der Waals surface area (Å²) in [6.45, 7) is 4.94. The first-order valence-electron chi connectivity index (χ1n) is 7.37. The first kappa shape index (κ1) is 16.9. The van der Waals surface area contributed by atoms with Gasteiger partial charge in [-0.1, -0.05) is 5.21 Å². The molecule has 23 heavy (non-hydrogen) atoms. The number of aromatic nitrogens is 3. The topological polar surface area (TPSA) is 95.3 Å². The largest absolute Gasteiger partial charge is 0.449 e. The number of carbonyl (C=O) groups excluding carboxylic acids is 2. The predicted molar refractivity (Wildman–Crippen MR) is 83.0 cm³/mol. The van der Waals surface area contributed by atoms with Crippen LogP contribution >= 0.6 is 0 Å². The second-order valence-electron chi connectivity index (χ2n) is 4.94. The molecule has 1 atom stereocenters. The standard InChI is InChI=1S/C15H20N4O4/c1-4-19-13-6-5-11(9-12(13)17-18-19)15(21)23-10(2)14(20)16-7-8-22-3/h5-6,9-10H,4,7-8H2,1-3H3,(H,16,20)/t10-/m0/s1. The average Bonchev–Trinajstić information content (AvgIpc) is 2.96. The number of benzene rings is 1. The van der Waals surface area contributed by atoms with Crippen molar-refractivity contribution in [1.82, 2.24) is 20.3 Å². The van der Waals surface area contributed by atoms with Gasteiger partial charge in [0.2, 0.25) is 0 Å². The fourth-order valence-corrected chi connectivity index (χ4v) is 2.03. The Labute approximate surface area is 133 Å². The minimum atomic E-state index is -0.888. The molecule has 0 aliphatic carbocycles. The maximum absolute atomic E-state index is 12.1. The van der Waals surface area contributed by atoms with E-state index in [1.807, 2.05) is 6.92 Å². The molecule has 0 bridgehead atoms. The van der Waals surface area contributed by atoms with Crippen LogP contribution in [-0.4, -0.2) is 53.2 Å². The van der Waals surface area contributed by atoms with Crippen LogP contribution in [0.15, 0.2) is 18.2 Å². The average molecular weight is 320 g/mol. The molecular weight excluding hydrogens is 300 g/mol. The van der Waals surface area contributed by atoms with Gasteiger partial charge in [-0.15, -0.1) is 5.10 Å². The van der Waals surface area contributed by atoms with Crippen molar-refractivity contribution < 1.29 is 19.1 Å². The number of ether oxygens (including phenoxy) is 2. The van der Waals surface area contributed by atoms with Gasteiger partial charge in [0.05, 0.1) is 17.7 Å². The lowest BCUT2D eigenvalue weighted by atomic mass is 10.2. The van der Waals surface area contributed by atoms with Crippen LogP contribution in [0.2, 0.25) is 0 Å².